The van der Waals surface area contributed by atoms with Crippen LogP contribution in [0.4, 0.5) is 0 Å². The highest BCUT2D eigenvalue weighted by Gasteiger charge is 2.58. The molecule has 2 bridgehead atoms. The van der Waals surface area contributed by atoms with E-state index in [1.807, 2.05) is 0 Å². The van der Waals surface area contributed by atoms with Crippen LogP contribution in [0.15, 0.2) is 12.2 Å². The molecule has 7 heteroatoms. The standard InChI is InChI=1S/C17H23N3O3.ClH/c21-13(9-18-8-10-1-2-10)19-5-6-20-16(22)14-11-3-4-12(7-11)15(14)17(20)23;/h3-4,10-12,14-15,18H,1-2,5-9H2,(H,19,21);1H. The fourth-order valence-corrected chi connectivity index (χ4v) is 4.27. The summed E-state index contributed by atoms with van der Waals surface area (Å²) in [6, 6.07) is 0. The van der Waals surface area contributed by atoms with Crippen molar-refractivity contribution in [2.45, 2.75) is 19.3 Å². The van der Waals surface area contributed by atoms with Crippen LogP contribution in [-0.4, -0.2) is 48.8 Å². The van der Waals surface area contributed by atoms with Crippen LogP contribution in [0.5, 0.6) is 0 Å². The number of allylic oxidation sites excluding steroid dienone is 2. The largest absolute Gasteiger partial charge is 0.353 e. The van der Waals surface area contributed by atoms with Crippen LogP contribution in [0, 0.1) is 29.6 Å². The molecule has 0 spiro atoms. The Kier molecular flexibility index (Phi) is 4.97. The summed E-state index contributed by atoms with van der Waals surface area (Å²) >= 11 is 0. The van der Waals surface area contributed by atoms with Gasteiger partial charge in [0.05, 0.1) is 18.4 Å². The van der Waals surface area contributed by atoms with Crippen molar-refractivity contribution in [3.63, 3.8) is 0 Å². The molecule has 3 fully saturated rings. The Bertz CT molecular complexity index is 545. The van der Waals surface area contributed by atoms with Gasteiger partial charge in [-0.2, -0.15) is 0 Å². The zero-order valence-corrected chi connectivity index (χ0v) is 14.4. The Morgan fingerprint density at radius 3 is 2.33 bits per heavy atom. The van der Waals surface area contributed by atoms with E-state index in [0.717, 1.165) is 18.9 Å². The SMILES string of the molecule is Cl.O=C(CNCC1CC1)NCCN1C(=O)C2C3C=CC(C3)C2C1=O. The quantitative estimate of drug-likeness (QED) is 0.511. The first-order valence-corrected chi connectivity index (χ1v) is 8.66. The first kappa shape index (κ1) is 17.4. The second kappa shape index (κ2) is 6.84. The molecule has 3 amide bonds. The number of carbonyl (C=O) groups excluding carboxylic acids is 3. The highest BCUT2D eigenvalue weighted by atomic mass is 35.5. The lowest BCUT2D eigenvalue weighted by atomic mass is 9.85. The van der Waals surface area contributed by atoms with Gasteiger partial charge in [0.15, 0.2) is 0 Å². The van der Waals surface area contributed by atoms with Crippen LogP contribution in [0.3, 0.4) is 0 Å². The topological polar surface area (TPSA) is 78.5 Å². The van der Waals surface area contributed by atoms with E-state index in [4.69, 9.17) is 0 Å². The number of carbonyl (C=O) groups is 3. The summed E-state index contributed by atoms with van der Waals surface area (Å²) < 4.78 is 0. The van der Waals surface area contributed by atoms with Crippen LogP contribution in [0.25, 0.3) is 0 Å². The molecular formula is C17H24ClN3O3. The first-order chi connectivity index (χ1) is 11.1. The van der Waals surface area contributed by atoms with Crippen molar-refractivity contribution in [1.82, 2.24) is 15.5 Å². The van der Waals surface area contributed by atoms with Gasteiger partial charge in [0, 0.05) is 13.1 Å². The highest BCUT2D eigenvalue weighted by Crippen LogP contribution is 2.52. The third-order valence-electron chi connectivity index (χ3n) is 5.63. The molecule has 0 radical (unpaired) electrons. The Labute approximate surface area is 147 Å². The predicted octanol–water partition coefficient (Wildman–Crippen LogP) is 0.331. The number of fused-ring (bicyclic) bond motifs is 5. The monoisotopic (exact) mass is 353 g/mol. The van der Waals surface area contributed by atoms with Crippen LogP contribution in [0.2, 0.25) is 0 Å². The van der Waals surface area contributed by atoms with Crippen molar-refractivity contribution in [1.29, 1.82) is 0 Å². The second-order valence-corrected chi connectivity index (χ2v) is 7.25. The minimum absolute atomic E-state index is 0. The summed E-state index contributed by atoms with van der Waals surface area (Å²) in [5.74, 6) is 0.774. The lowest BCUT2D eigenvalue weighted by molar-refractivity contribution is -0.141. The van der Waals surface area contributed by atoms with Gasteiger partial charge in [-0.1, -0.05) is 12.2 Å². The smallest absolute Gasteiger partial charge is 0.234 e. The molecule has 24 heavy (non-hydrogen) atoms. The number of likely N-dealkylation sites (tertiary alicyclic amines) is 1. The molecule has 1 saturated heterocycles. The van der Waals surface area contributed by atoms with Gasteiger partial charge in [-0.25, -0.2) is 0 Å². The van der Waals surface area contributed by atoms with E-state index in [1.54, 1.807) is 0 Å². The molecule has 4 rings (SSSR count). The molecule has 0 aromatic carbocycles. The fraction of sp³-hybridized carbons (Fsp3) is 0.706. The molecule has 4 unspecified atom stereocenters. The van der Waals surface area contributed by atoms with E-state index in [0.29, 0.717) is 19.6 Å². The number of imide groups is 1. The van der Waals surface area contributed by atoms with E-state index in [1.165, 1.54) is 17.7 Å². The number of halogens is 1. The van der Waals surface area contributed by atoms with Gasteiger partial charge >= 0.3 is 0 Å². The molecular weight excluding hydrogens is 330 g/mol. The van der Waals surface area contributed by atoms with E-state index in [9.17, 15) is 14.4 Å². The zero-order valence-electron chi connectivity index (χ0n) is 13.6. The molecule has 2 saturated carbocycles. The van der Waals surface area contributed by atoms with Gasteiger partial charge in [0.25, 0.3) is 0 Å². The molecule has 4 aliphatic rings. The molecule has 132 valence electrons. The third kappa shape index (κ3) is 3.09. The number of nitrogens with zero attached hydrogens (tertiary/aromatic N) is 1. The number of hydrogen-bond acceptors (Lipinski definition) is 4. The van der Waals surface area contributed by atoms with Gasteiger partial charge in [-0.3, -0.25) is 19.3 Å². The molecule has 0 aromatic rings. The van der Waals surface area contributed by atoms with Crippen molar-refractivity contribution in [3.8, 4) is 0 Å². The van der Waals surface area contributed by atoms with Gasteiger partial charge in [0.1, 0.15) is 0 Å². The molecule has 3 aliphatic carbocycles. The van der Waals surface area contributed by atoms with Crippen molar-refractivity contribution < 1.29 is 14.4 Å². The maximum atomic E-state index is 12.5. The van der Waals surface area contributed by atoms with Crippen molar-refractivity contribution >= 4 is 30.1 Å². The Morgan fingerprint density at radius 1 is 1.12 bits per heavy atom. The lowest BCUT2D eigenvalue weighted by Crippen LogP contribution is -2.42. The van der Waals surface area contributed by atoms with Crippen LogP contribution in [-0.2, 0) is 14.4 Å². The minimum atomic E-state index is -0.145. The maximum absolute atomic E-state index is 12.5. The maximum Gasteiger partial charge on any atom is 0.234 e. The molecule has 1 heterocycles. The van der Waals surface area contributed by atoms with Crippen LogP contribution < -0.4 is 10.6 Å². The average molecular weight is 354 g/mol. The minimum Gasteiger partial charge on any atom is -0.353 e. The number of hydrogen-bond donors (Lipinski definition) is 2. The molecule has 4 atom stereocenters. The predicted molar refractivity (Wildman–Crippen MR) is 90.3 cm³/mol. The molecule has 1 aliphatic heterocycles. The van der Waals surface area contributed by atoms with Gasteiger partial charge < -0.3 is 10.6 Å². The summed E-state index contributed by atoms with van der Waals surface area (Å²) in [5, 5.41) is 5.91. The highest BCUT2D eigenvalue weighted by molar-refractivity contribution is 6.06. The van der Waals surface area contributed by atoms with Gasteiger partial charge in [0.2, 0.25) is 17.7 Å². The van der Waals surface area contributed by atoms with E-state index in [-0.39, 0.29) is 53.8 Å². The van der Waals surface area contributed by atoms with Crippen molar-refractivity contribution in [2.24, 2.45) is 29.6 Å². The van der Waals surface area contributed by atoms with Crippen LogP contribution >= 0.6 is 12.4 Å². The Balaban J connectivity index is 0.00000169. The summed E-state index contributed by atoms with van der Waals surface area (Å²) in [6.45, 7) is 1.83. The Hall–Kier alpha value is -1.40. The molecule has 6 nitrogen and oxygen atoms in total. The van der Waals surface area contributed by atoms with Crippen LogP contribution in [0.1, 0.15) is 19.3 Å². The first-order valence-electron chi connectivity index (χ1n) is 8.66. The second-order valence-electron chi connectivity index (χ2n) is 7.25. The van der Waals surface area contributed by atoms with Gasteiger partial charge in [-0.15, -0.1) is 12.4 Å². The van der Waals surface area contributed by atoms with E-state index >= 15 is 0 Å². The number of rotatable bonds is 7. The van der Waals surface area contributed by atoms with E-state index in [2.05, 4.69) is 22.8 Å². The third-order valence-corrected chi connectivity index (χ3v) is 5.63. The molecule has 0 aromatic heterocycles. The normalized spacial score (nSPS) is 32.9. The Morgan fingerprint density at radius 2 is 1.75 bits per heavy atom. The van der Waals surface area contributed by atoms with Gasteiger partial charge in [-0.05, 0) is 43.6 Å². The lowest BCUT2D eigenvalue weighted by Gasteiger charge is -2.17. The number of amides is 3. The summed E-state index contributed by atoms with van der Waals surface area (Å²) in [5.41, 5.74) is 0. The summed E-state index contributed by atoms with van der Waals surface area (Å²) in [7, 11) is 0. The summed E-state index contributed by atoms with van der Waals surface area (Å²) in [6.07, 6.45) is 7.64. The fourth-order valence-electron chi connectivity index (χ4n) is 4.27. The summed E-state index contributed by atoms with van der Waals surface area (Å²) in [4.78, 5) is 38.0. The molecule has 2 N–H and O–H groups in total. The zero-order chi connectivity index (χ0) is 16.0. The number of nitrogens with one attached hydrogen (secondary N) is 2. The van der Waals surface area contributed by atoms with E-state index < -0.39 is 0 Å². The van der Waals surface area contributed by atoms with Crippen molar-refractivity contribution in [2.75, 3.05) is 26.2 Å². The average Bonchev–Trinajstić information content (AvgIpc) is 3.03. The van der Waals surface area contributed by atoms with Crippen molar-refractivity contribution in [3.05, 3.63) is 12.2 Å².